The molecule has 1 saturated carbocycles. The lowest BCUT2D eigenvalue weighted by Crippen LogP contribution is -2.45. The van der Waals surface area contributed by atoms with Crippen LogP contribution in [0.3, 0.4) is 0 Å². The van der Waals surface area contributed by atoms with Gasteiger partial charge in [0.15, 0.2) is 0 Å². The summed E-state index contributed by atoms with van der Waals surface area (Å²) in [6.07, 6.45) is 5.78. The fourth-order valence-corrected chi connectivity index (χ4v) is 4.16. The molecule has 1 aromatic rings. The molecule has 0 unspecified atom stereocenters. The molecule has 1 aromatic heterocycles. The molecule has 2 aliphatic rings. The molecular weight excluding hydrogens is 302 g/mol. The molecule has 7 heteroatoms. The normalized spacial score (nSPS) is 21.0. The number of pyridine rings is 1. The van der Waals surface area contributed by atoms with Crippen molar-refractivity contribution in [2.45, 2.75) is 36.6 Å². The van der Waals surface area contributed by atoms with Crippen LogP contribution in [0.2, 0.25) is 0 Å². The molecule has 6 nitrogen and oxygen atoms in total. The van der Waals surface area contributed by atoms with Crippen molar-refractivity contribution >= 4 is 10.0 Å². The minimum atomic E-state index is -3.44. The van der Waals surface area contributed by atoms with Gasteiger partial charge in [-0.25, -0.2) is 13.4 Å². The van der Waals surface area contributed by atoms with E-state index in [1.54, 1.807) is 16.4 Å². The second-order valence-electron chi connectivity index (χ2n) is 6.07. The zero-order valence-electron chi connectivity index (χ0n) is 12.9. The van der Waals surface area contributed by atoms with E-state index in [1.807, 2.05) is 0 Å². The average Bonchev–Trinajstić information content (AvgIpc) is 3.38. The van der Waals surface area contributed by atoms with E-state index in [2.05, 4.69) is 10.3 Å². The van der Waals surface area contributed by atoms with E-state index in [-0.39, 0.29) is 4.90 Å². The summed E-state index contributed by atoms with van der Waals surface area (Å²) in [5.41, 5.74) is 0. The standard InChI is InChI=1S/C15H23N3O3S/c1-21-15-5-4-14(11-17-15)22(19,20)18-8-6-13(7-9-18)16-10-12-2-3-12/h4-5,11-13,16H,2-3,6-10H2,1H3. The van der Waals surface area contributed by atoms with E-state index < -0.39 is 10.0 Å². The first-order valence-electron chi connectivity index (χ1n) is 7.83. The second kappa shape index (κ2) is 6.52. The number of sulfonamides is 1. The fourth-order valence-electron chi connectivity index (χ4n) is 2.74. The predicted molar refractivity (Wildman–Crippen MR) is 83.3 cm³/mol. The van der Waals surface area contributed by atoms with E-state index in [4.69, 9.17) is 4.74 Å². The molecule has 0 spiro atoms. The van der Waals surface area contributed by atoms with Gasteiger partial charge in [-0.15, -0.1) is 0 Å². The number of rotatable bonds is 6. The molecular formula is C15H23N3O3S. The average molecular weight is 325 g/mol. The highest BCUT2D eigenvalue weighted by molar-refractivity contribution is 7.89. The highest BCUT2D eigenvalue weighted by Gasteiger charge is 2.30. The Morgan fingerprint density at radius 2 is 2.00 bits per heavy atom. The minimum Gasteiger partial charge on any atom is -0.481 e. The zero-order valence-corrected chi connectivity index (χ0v) is 13.7. The summed E-state index contributed by atoms with van der Waals surface area (Å²) in [4.78, 5) is 4.22. The van der Waals surface area contributed by atoms with E-state index in [9.17, 15) is 8.42 Å². The van der Waals surface area contributed by atoms with Crippen molar-refractivity contribution in [3.8, 4) is 5.88 Å². The van der Waals surface area contributed by atoms with Crippen LogP contribution in [-0.2, 0) is 10.0 Å². The summed E-state index contributed by atoms with van der Waals surface area (Å²) in [6.45, 7) is 2.22. The van der Waals surface area contributed by atoms with Gasteiger partial charge < -0.3 is 10.1 Å². The van der Waals surface area contributed by atoms with E-state index >= 15 is 0 Å². The van der Waals surface area contributed by atoms with Gasteiger partial charge in [-0.05, 0) is 44.2 Å². The number of hydrogen-bond acceptors (Lipinski definition) is 5. The summed E-state index contributed by atoms with van der Waals surface area (Å²) in [5.74, 6) is 1.27. The molecule has 1 aliphatic carbocycles. The molecule has 0 bridgehead atoms. The van der Waals surface area contributed by atoms with Gasteiger partial charge in [0, 0.05) is 25.2 Å². The number of nitrogens with zero attached hydrogens (tertiary/aromatic N) is 2. The molecule has 0 atom stereocenters. The van der Waals surface area contributed by atoms with Crippen LogP contribution in [0.25, 0.3) is 0 Å². The quantitative estimate of drug-likeness (QED) is 0.852. The second-order valence-corrected chi connectivity index (χ2v) is 8.00. The van der Waals surface area contributed by atoms with Gasteiger partial charge in [0.25, 0.3) is 0 Å². The zero-order chi connectivity index (χ0) is 15.6. The SMILES string of the molecule is COc1ccc(S(=O)(=O)N2CCC(NCC3CC3)CC2)cn1. The summed E-state index contributed by atoms with van der Waals surface area (Å²) in [7, 11) is -1.93. The Bertz CT molecular complexity index is 591. The first-order chi connectivity index (χ1) is 10.6. The molecule has 2 heterocycles. The minimum absolute atomic E-state index is 0.234. The van der Waals surface area contributed by atoms with Crippen LogP contribution in [-0.4, -0.2) is 50.5 Å². The number of nitrogens with one attached hydrogen (secondary N) is 1. The van der Waals surface area contributed by atoms with Crippen molar-refractivity contribution in [3.05, 3.63) is 18.3 Å². The number of piperidine rings is 1. The Balaban J connectivity index is 1.58. The number of methoxy groups -OCH3 is 1. The van der Waals surface area contributed by atoms with E-state index in [0.29, 0.717) is 25.0 Å². The van der Waals surface area contributed by atoms with Crippen LogP contribution in [0.15, 0.2) is 23.2 Å². The van der Waals surface area contributed by atoms with Gasteiger partial charge >= 0.3 is 0 Å². The summed E-state index contributed by atoms with van der Waals surface area (Å²) < 4.78 is 31.7. The molecule has 1 aliphatic heterocycles. The molecule has 0 aromatic carbocycles. The Kier molecular flexibility index (Phi) is 4.65. The molecule has 122 valence electrons. The first-order valence-corrected chi connectivity index (χ1v) is 9.27. The number of ether oxygens (including phenoxy) is 1. The molecule has 3 rings (SSSR count). The fraction of sp³-hybridized carbons (Fsp3) is 0.667. The van der Waals surface area contributed by atoms with Gasteiger partial charge in [0.1, 0.15) is 4.90 Å². The molecule has 1 saturated heterocycles. The van der Waals surface area contributed by atoms with Crippen LogP contribution >= 0.6 is 0 Å². The Labute approximate surface area is 131 Å². The first kappa shape index (κ1) is 15.7. The maximum atomic E-state index is 12.6. The van der Waals surface area contributed by atoms with Crippen molar-refractivity contribution in [1.29, 1.82) is 0 Å². The summed E-state index contributed by atoms with van der Waals surface area (Å²) >= 11 is 0. The van der Waals surface area contributed by atoms with Gasteiger partial charge in [-0.1, -0.05) is 0 Å². The lowest BCUT2D eigenvalue weighted by Gasteiger charge is -2.31. The predicted octanol–water partition coefficient (Wildman–Crippen LogP) is 1.24. The van der Waals surface area contributed by atoms with Crippen molar-refractivity contribution in [3.63, 3.8) is 0 Å². The van der Waals surface area contributed by atoms with Crippen molar-refractivity contribution < 1.29 is 13.2 Å². The summed E-state index contributed by atoms with van der Waals surface area (Å²) in [6, 6.07) is 3.58. The lowest BCUT2D eigenvalue weighted by molar-refractivity contribution is 0.288. The third kappa shape index (κ3) is 3.59. The topological polar surface area (TPSA) is 71.5 Å². The van der Waals surface area contributed by atoms with Crippen LogP contribution in [0.4, 0.5) is 0 Å². The van der Waals surface area contributed by atoms with Crippen LogP contribution < -0.4 is 10.1 Å². The summed E-state index contributed by atoms with van der Waals surface area (Å²) in [5, 5.41) is 3.56. The molecule has 1 N–H and O–H groups in total. The highest BCUT2D eigenvalue weighted by atomic mass is 32.2. The van der Waals surface area contributed by atoms with Crippen molar-refractivity contribution in [1.82, 2.24) is 14.6 Å². The van der Waals surface area contributed by atoms with Gasteiger partial charge in [0.05, 0.1) is 13.3 Å². The van der Waals surface area contributed by atoms with E-state index in [0.717, 1.165) is 25.3 Å². The van der Waals surface area contributed by atoms with Gasteiger partial charge in [0.2, 0.25) is 15.9 Å². The number of aromatic nitrogens is 1. The lowest BCUT2D eigenvalue weighted by atomic mass is 10.1. The molecule has 0 amide bonds. The maximum Gasteiger partial charge on any atom is 0.244 e. The van der Waals surface area contributed by atoms with Crippen LogP contribution in [0.1, 0.15) is 25.7 Å². The monoisotopic (exact) mass is 325 g/mol. The maximum absolute atomic E-state index is 12.6. The van der Waals surface area contributed by atoms with Crippen LogP contribution in [0.5, 0.6) is 5.88 Å². The van der Waals surface area contributed by atoms with E-state index in [1.165, 1.54) is 26.1 Å². The van der Waals surface area contributed by atoms with Crippen molar-refractivity contribution in [2.75, 3.05) is 26.7 Å². The smallest absolute Gasteiger partial charge is 0.244 e. The van der Waals surface area contributed by atoms with Crippen molar-refractivity contribution in [2.24, 2.45) is 5.92 Å². The van der Waals surface area contributed by atoms with Gasteiger partial charge in [-0.3, -0.25) is 0 Å². The molecule has 0 radical (unpaired) electrons. The largest absolute Gasteiger partial charge is 0.481 e. The molecule has 2 fully saturated rings. The Morgan fingerprint density at radius 3 is 2.55 bits per heavy atom. The third-order valence-corrected chi connectivity index (χ3v) is 6.28. The van der Waals surface area contributed by atoms with Crippen LogP contribution in [0, 0.1) is 5.92 Å². The third-order valence-electron chi connectivity index (χ3n) is 4.40. The number of hydrogen-bond donors (Lipinski definition) is 1. The Hall–Kier alpha value is -1.18. The molecule has 22 heavy (non-hydrogen) atoms. The highest BCUT2D eigenvalue weighted by Crippen LogP contribution is 2.28. The Morgan fingerprint density at radius 1 is 1.27 bits per heavy atom. The van der Waals surface area contributed by atoms with Gasteiger partial charge in [-0.2, -0.15) is 4.31 Å².